The van der Waals surface area contributed by atoms with E-state index < -0.39 is 11.9 Å². The molecule has 2 aromatic carbocycles. The van der Waals surface area contributed by atoms with E-state index in [-0.39, 0.29) is 24.3 Å². The van der Waals surface area contributed by atoms with Gasteiger partial charge in [-0.25, -0.2) is 0 Å². The Labute approximate surface area is 163 Å². The molecule has 0 bridgehead atoms. The van der Waals surface area contributed by atoms with Gasteiger partial charge in [0.1, 0.15) is 0 Å². The van der Waals surface area contributed by atoms with Gasteiger partial charge in [-0.3, -0.25) is 14.4 Å². The molecule has 2 heterocycles. The number of carboxylic acid groups (broad SMARTS) is 1. The maximum Gasteiger partial charge on any atom is 0.308 e. The van der Waals surface area contributed by atoms with Crippen molar-refractivity contribution in [2.75, 3.05) is 25.0 Å². The molecule has 6 nitrogen and oxygen atoms in total. The monoisotopic (exact) mass is 378 g/mol. The summed E-state index contributed by atoms with van der Waals surface area (Å²) in [5, 5.41) is 9.65. The molecule has 1 N–H and O–H groups in total. The number of likely N-dealkylation sites (tertiary alicyclic amines) is 1. The SMILES string of the molecule is CN1C(=O)CCc2cc(C(=O)N3C[C@H](C(=O)O)[C@H](c4ccccc4)C3)ccc21. The smallest absolute Gasteiger partial charge is 0.308 e. The molecule has 0 aliphatic carbocycles. The minimum Gasteiger partial charge on any atom is -0.481 e. The van der Waals surface area contributed by atoms with E-state index in [0.717, 1.165) is 16.8 Å². The molecule has 0 spiro atoms. The highest BCUT2D eigenvalue weighted by Crippen LogP contribution is 2.34. The number of amides is 2. The minimum absolute atomic E-state index is 0.0705. The van der Waals surface area contributed by atoms with Crippen LogP contribution in [0.3, 0.4) is 0 Å². The number of anilines is 1. The molecule has 2 aromatic rings. The summed E-state index contributed by atoms with van der Waals surface area (Å²) in [6, 6.07) is 14.9. The first-order chi connectivity index (χ1) is 13.5. The van der Waals surface area contributed by atoms with Crippen molar-refractivity contribution in [3.63, 3.8) is 0 Å². The summed E-state index contributed by atoms with van der Waals surface area (Å²) in [7, 11) is 1.74. The van der Waals surface area contributed by atoms with Gasteiger partial charge in [0.05, 0.1) is 5.92 Å². The first-order valence-corrected chi connectivity index (χ1v) is 9.42. The Hall–Kier alpha value is -3.15. The second kappa shape index (κ2) is 7.11. The number of hydrogen-bond acceptors (Lipinski definition) is 3. The fourth-order valence-electron chi connectivity index (χ4n) is 4.23. The van der Waals surface area contributed by atoms with Crippen molar-refractivity contribution in [3.05, 3.63) is 65.2 Å². The Kier molecular flexibility index (Phi) is 4.63. The highest BCUT2D eigenvalue weighted by molar-refractivity contribution is 5.99. The number of nitrogens with zero attached hydrogens (tertiary/aromatic N) is 2. The van der Waals surface area contributed by atoms with Gasteiger partial charge in [0.15, 0.2) is 0 Å². The van der Waals surface area contributed by atoms with Crippen molar-refractivity contribution in [1.29, 1.82) is 0 Å². The van der Waals surface area contributed by atoms with Gasteiger partial charge in [0.25, 0.3) is 5.91 Å². The largest absolute Gasteiger partial charge is 0.481 e. The van der Waals surface area contributed by atoms with Gasteiger partial charge >= 0.3 is 5.97 Å². The molecule has 2 amide bonds. The summed E-state index contributed by atoms with van der Waals surface area (Å²) in [5.74, 6) is -1.81. The van der Waals surface area contributed by atoms with Crippen LogP contribution in [-0.4, -0.2) is 47.9 Å². The lowest BCUT2D eigenvalue weighted by Gasteiger charge is -2.26. The quantitative estimate of drug-likeness (QED) is 0.890. The summed E-state index contributed by atoms with van der Waals surface area (Å²) in [4.78, 5) is 40.0. The van der Waals surface area contributed by atoms with Crippen LogP contribution in [0.15, 0.2) is 48.5 Å². The van der Waals surface area contributed by atoms with Gasteiger partial charge in [0, 0.05) is 43.7 Å². The number of fused-ring (bicyclic) bond motifs is 1. The average Bonchev–Trinajstić information content (AvgIpc) is 3.16. The Morgan fingerprint density at radius 2 is 1.79 bits per heavy atom. The molecule has 0 aromatic heterocycles. The van der Waals surface area contributed by atoms with Gasteiger partial charge in [-0.15, -0.1) is 0 Å². The normalized spacial score (nSPS) is 21.5. The fraction of sp³-hybridized carbons (Fsp3) is 0.318. The van der Waals surface area contributed by atoms with Crippen molar-refractivity contribution >= 4 is 23.5 Å². The minimum atomic E-state index is -0.880. The maximum absolute atomic E-state index is 13.1. The summed E-state index contributed by atoms with van der Waals surface area (Å²) in [5.41, 5.74) is 3.29. The zero-order valence-corrected chi connectivity index (χ0v) is 15.7. The highest BCUT2D eigenvalue weighted by Gasteiger charge is 2.40. The van der Waals surface area contributed by atoms with Crippen molar-refractivity contribution in [1.82, 2.24) is 4.90 Å². The second-order valence-electron chi connectivity index (χ2n) is 7.47. The van der Waals surface area contributed by atoms with E-state index in [1.165, 1.54) is 0 Å². The molecule has 2 aliphatic rings. The Morgan fingerprint density at radius 1 is 1.04 bits per heavy atom. The van der Waals surface area contributed by atoms with Crippen LogP contribution in [0.5, 0.6) is 0 Å². The molecular formula is C22H22N2O4. The zero-order chi connectivity index (χ0) is 19.8. The van der Waals surface area contributed by atoms with Crippen molar-refractivity contribution < 1.29 is 19.5 Å². The predicted octanol–water partition coefficient (Wildman–Crippen LogP) is 2.54. The molecule has 0 unspecified atom stereocenters. The number of benzene rings is 2. The summed E-state index contributed by atoms with van der Waals surface area (Å²) in [6.07, 6.45) is 1.05. The van der Waals surface area contributed by atoms with Gasteiger partial charge in [-0.05, 0) is 35.7 Å². The van der Waals surface area contributed by atoms with Crippen molar-refractivity contribution in [2.24, 2.45) is 5.92 Å². The van der Waals surface area contributed by atoms with E-state index in [2.05, 4.69) is 0 Å². The average molecular weight is 378 g/mol. The predicted molar refractivity (Wildman–Crippen MR) is 104 cm³/mol. The number of rotatable bonds is 3. The van der Waals surface area contributed by atoms with Crippen LogP contribution in [0, 0.1) is 5.92 Å². The molecule has 1 saturated heterocycles. The number of aliphatic carboxylic acids is 1. The van der Waals surface area contributed by atoms with Gasteiger partial charge in [-0.2, -0.15) is 0 Å². The van der Waals surface area contributed by atoms with E-state index in [1.807, 2.05) is 36.4 Å². The third-order valence-corrected chi connectivity index (χ3v) is 5.82. The van der Waals surface area contributed by atoms with E-state index in [0.29, 0.717) is 24.9 Å². The summed E-state index contributed by atoms with van der Waals surface area (Å²) < 4.78 is 0. The molecule has 0 saturated carbocycles. The molecule has 2 aliphatic heterocycles. The standard InChI is InChI=1S/C22H22N2O4/c1-23-19-9-7-16(11-15(19)8-10-20(23)25)21(26)24-12-17(18(13-24)22(27)28)14-5-3-2-4-6-14/h2-7,9,11,17-18H,8,10,12-13H2,1H3,(H,27,28)/t17-,18-/m0/s1. The van der Waals surface area contributed by atoms with E-state index in [4.69, 9.17) is 0 Å². The number of carbonyl (C=O) groups excluding carboxylic acids is 2. The molecular weight excluding hydrogens is 356 g/mol. The first kappa shape index (κ1) is 18.2. The lowest BCUT2D eigenvalue weighted by Crippen LogP contribution is -2.32. The van der Waals surface area contributed by atoms with Crippen LogP contribution in [0.2, 0.25) is 0 Å². The number of hydrogen-bond donors (Lipinski definition) is 1. The Balaban J connectivity index is 1.59. The summed E-state index contributed by atoms with van der Waals surface area (Å²) >= 11 is 0. The lowest BCUT2D eigenvalue weighted by molar-refractivity contribution is -0.141. The first-order valence-electron chi connectivity index (χ1n) is 9.42. The number of aryl methyl sites for hydroxylation is 1. The van der Waals surface area contributed by atoms with Crippen LogP contribution in [-0.2, 0) is 16.0 Å². The maximum atomic E-state index is 13.1. The van der Waals surface area contributed by atoms with E-state index >= 15 is 0 Å². The molecule has 0 radical (unpaired) electrons. The lowest BCUT2D eigenvalue weighted by atomic mass is 9.89. The van der Waals surface area contributed by atoms with E-state index in [1.54, 1.807) is 29.0 Å². The Morgan fingerprint density at radius 3 is 2.50 bits per heavy atom. The molecule has 4 rings (SSSR count). The van der Waals surface area contributed by atoms with Crippen LogP contribution in [0.1, 0.15) is 33.8 Å². The molecule has 1 fully saturated rings. The third-order valence-electron chi connectivity index (χ3n) is 5.82. The van der Waals surface area contributed by atoms with Crippen LogP contribution >= 0.6 is 0 Å². The molecule has 2 atom stereocenters. The van der Waals surface area contributed by atoms with E-state index in [9.17, 15) is 19.5 Å². The molecule has 28 heavy (non-hydrogen) atoms. The van der Waals surface area contributed by atoms with Crippen molar-refractivity contribution in [3.8, 4) is 0 Å². The van der Waals surface area contributed by atoms with Gasteiger partial charge in [0.2, 0.25) is 5.91 Å². The van der Waals surface area contributed by atoms with Gasteiger partial charge < -0.3 is 14.9 Å². The highest BCUT2D eigenvalue weighted by atomic mass is 16.4. The fourth-order valence-corrected chi connectivity index (χ4v) is 4.23. The third kappa shape index (κ3) is 3.15. The number of carboxylic acids is 1. The van der Waals surface area contributed by atoms with Crippen LogP contribution in [0.25, 0.3) is 0 Å². The van der Waals surface area contributed by atoms with Gasteiger partial charge in [-0.1, -0.05) is 30.3 Å². The van der Waals surface area contributed by atoms with Crippen LogP contribution in [0.4, 0.5) is 5.69 Å². The zero-order valence-electron chi connectivity index (χ0n) is 15.7. The number of carbonyl (C=O) groups is 3. The molecule has 144 valence electrons. The van der Waals surface area contributed by atoms with Crippen LogP contribution < -0.4 is 4.90 Å². The molecule has 6 heteroatoms. The second-order valence-corrected chi connectivity index (χ2v) is 7.47. The topological polar surface area (TPSA) is 77.9 Å². The summed E-state index contributed by atoms with van der Waals surface area (Å²) in [6.45, 7) is 0.582. The van der Waals surface area contributed by atoms with Crippen molar-refractivity contribution in [2.45, 2.75) is 18.8 Å². The Bertz CT molecular complexity index is 941.